The molecule has 33 heavy (non-hydrogen) atoms. The van der Waals surface area contributed by atoms with E-state index in [0.717, 1.165) is 5.71 Å². The van der Waals surface area contributed by atoms with E-state index in [-0.39, 0.29) is 6.61 Å². The van der Waals surface area contributed by atoms with Crippen molar-refractivity contribution < 1.29 is 24.1 Å². The molecule has 10 nitrogen and oxygen atoms in total. The highest BCUT2D eigenvalue weighted by Crippen LogP contribution is 2.26. The highest BCUT2D eigenvalue weighted by atomic mass is 16.5. The number of aliphatic hydroxyl groups excluding tert-OH is 1. The van der Waals surface area contributed by atoms with E-state index in [2.05, 4.69) is 26.0 Å². The number of ether oxygens (including phenoxy) is 4. The highest BCUT2D eigenvalue weighted by Gasteiger charge is 2.20. The predicted molar refractivity (Wildman–Crippen MR) is 127 cm³/mol. The first-order valence-corrected chi connectivity index (χ1v) is 10.8. The summed E-state index contributed by atoms with van der Waals surface area (Å²) in [6.45, 7) is 9.40. The molecule has 0 saturated heterocycles. The van der Waals surface area contributed by atoms with E-state index in [4.69, 9.17) is 18.9 Å². The minimum absolute atomic E-state index is 0.119. The summed E-state index contributed by atoms with van der Waals surface area (Å²) in [6, 6.07) is 10.8. The normalized spacial score (nSPS) is 12.1. The number of nitrogens with zero attached hydrogens (tertiary/aromatic N) is 3. The van der Waals surface area contributed by atoms with Crippen molar-refractivity contribution in [1.82, 2.24) is 15.5 Å². The molecule has 0 radical (unpaired) electrons. The molecule has 0 aliphatic rings. The van der Waals surface area contributed by atoms with Gasteiger partial charge in [-0.25, -0.2) is 0 Å². The number of hydrogen-bond acceptors (Lipinski definition) is 10. The summed E-state index contributed by atoms with van der Waals surface area (Å²) in [4.78, 5) is 0. The fourth-order valence-corrected chi connectivity index (χ4v) is 2.49. The van der Waals surface area contributed by atoms with Gasteiger partial charge in [0, 0.05) is 31.0 Å². The van der Waals surface area contributed by atoms with Crippen molar-refractivity contribution in [1.29, 1.82) is 0 Å². The number of rotatable bonds is 15. The molecule has 1 atom stereocenters. The van der Waals surface area contributed by atoms with Gasteiger partial charge in [0.1, 0.15) is 25.9 Å². The van der Waals surface area contributed by atoms with Crippen LogP contribution >= 0.6 is 0 Å². The molecule has 0 amide bonds. The number of para-hydroxylation sites is 2. The van der Waals surface area contributed by atoms with Gasteiger partial charge < -0.3 is 29.4 Å². The molecule has 0 fully saturated rings. The number of aromatic nitrogens is 2. The molecule has 10 heteroatoms. The van der Waals surface area contributed by atoms with Crippen LogP contribution in [0.4, 0.5) is 5.82 Å². The predicted octanol–water partition coefficient (Wildman–Crippen LogP) is 2.50. The number of β-amino-alcohol motifs (C(OH)–C–C–N with tert-alkyl or cyclic N) is 1. The third-order valence-electron chi connectivity index (χ3n) is 4.26. The maximum absolute atomic E-state index is 10.4. The van der Waals surface area contributed by atoms with Crippen LogP contribution in [0, 0.1) is 0 Å². The molecule has 0 aliphatic heterocycles. The number of hydrazone groups is 1. The summed E-state index contributed by atoms with van der Waals surface area (Å²) in [7, 11) is 1.62. The van der Waals surface area contributed by atoms with Crippen LogP contribution in [-0.4, -0.2) is 72.7 Å². The van der Waals surface area contributed by atoms with Crippen molar-refractivity contribution >= 4 is 11.5 Å². The van der Waals surface area contributed by atoms with Gasteiger partial charge in [-0.05, 0) is 45.9 Å². The number of nitrogens with one attached hydrogen (secondary N) is 2. The topological polar surface area (TPSA) is 119 Å². The van der Waals surface area contributed by atoms with Crippen LogP contribution < -0.4 is 25.0 Å². The highest BCUT2D eigenvalue weighted by molar-refractivity contribution is 5.79. The molecular formula is C23H35N5O5. The third kappa shape index (κ3) is 10.5. The summed E-state index contributed by atoms with van der Waals surface area (Å²) in [6.07, 6.45) is -0.718. The molecule has 2 rings (SSSR count). The molecule has 182 valence electrons. The van der Waals surface area contributed by atoms with Crippen LogP contribution in [0.15, 0.2) is 41.5 Å². The van der Waals surface area contributed by atoms with E-state index in [1.54, 1.807) is 25.3 Å². The van der Waals surface area contributed by atoms with Gasteiger partial charge in [0.05, 0.1) is 6.61 Å². The number of benzene rings is 1. The minimum Gasteiger partial charge on any atom is -0.487 e. The first-order valence-electron chi connectivity index (χ1n) is 10.8. The van der Waals surface area contributed by atoms with Gasteiger partial charge in [0.2, 0.25) is 5.88 Å². The Kier molecular flexibility index (Phi) is 10.8. The Morgan fingerprint density at radius 3 is 2.39 bits per heavy atom. The van der Waals surface area contributed by atoms with E-state index in [9.17, 15) is 5.11 Å². The lowest BCUT2D eigenvalue weighted by Crippen LogP contribution is -2.48. The van der Waals surface area contributed by atoms with Gasteiger partial charge in [0.25, 0.3) is 0 Å². The summed E-state index contributed by atoms with van der Waals surface area (Å²) in [5.41, 5.74) is 3.28. The van der Waals surface area contributed by atoms with Crippen LogP contribution in [0.25, 0.3) is 0 Å². The maximum Gasteiger partial charge on any atom is 0.233 e. The average molecular weight is 462 g/mol. The van der Waals surface area contributed by atoms with Crippen molar-refractivity contribution in [3.8, 4) is 17.4 Å². The molecule has 3 N–H and O–H groups in total. The zero-order valence-electron chi connectivity index (χ0n) is 20.0. The average Bonchev–Trinajstić information content (AvgIpc) is 2.80. The van der Waals surface area contributed by atoms with Crippen LogP contribution in [-0.2, 0) is 4.74 Å². The summed E-state index contributed by atoms with van der Waals surface area (Å²) < 4.78 is 22.1. The van der Waals surface area contributed by atoms with Crippen molar-refractivity contribution in [2.75, 3.05) is 45.5 Å². The summed E-state index contributed by atoms with van der Waals surface area (Å²) in [5.74, 6) is 2.13. The van der Waals surface area contributed by atoms with Gasteiger partial charge >= 0.3 is 0 Å². The minimum atomic E-state index is -0.718. The quantitative estimate of drug-likeness (QED) is 0.209. The third-order valence-corrected chi connectivity index (χ3v) is 4.26. The monoisotopic (exact) mass is 461 g/mol. The van der Waals surface area contributed by atoms with Crippen LogP contribution in [0.5, 0.6) is 17.4 Å². The van der Waals surface area contributed by atoms with Crippen molar-refractivity contribution in [2.45, 2.75) is 39.3 Å². The van der Waals surface area contributed by atoms with E-state index in [0.29, 0.717) is 49.6 Å². The van der Waals surface area contributed by atoms with E-state index >= 15 is 0 Å². The Bertz CT molecular complexity index is 857. The molecule has 1 aromatic heterocycles. The first kappa shape index (κ1) is 26.3. The molecule has 0 bridgehead atoms. The second kappa shape index (κ2) is 13.6. The first-order chi connectivity index (χ1) is 15.8. The van der Waals surface area contributed by atoms with Crippen molar-refractivity contribution in [3.05, 3.63) is 36.4 Å². The Balaban J connectivity index is 1.74. The molecule has 0 aliphatic carbocycles. The lowest BCUT2D eigenvalue weighted by atomic mass is 10.1. The molecule has 0 spiro atoms. The smallest absolute Gasteiger partial charge is 0.233 e. The molecule has 0 saturated carbocycles. The standard InChI is InChI=1S/C23H35N5O5/c1-17(2)25-26-21-10-11-22(28-27-21)33-16-23(3,4)24-14-18(29)15-32-20-9-7-6-8-19(20)31-13-12-30-5/h6-11,18,24,29H,12-16H2,1-5H3,(H,26,27). The Morgan fingerprint density at radius 2 is 1.76 bits per heavy atom. The van der Waals surface area contributed by atoms with Crippen molar-refractivity contribution in [3.63, 3.8) is 0 Å². The molecular weight excluding hydrogens is 426 g/mol. The van der Waals surface area contributed by atoms with Crippen LogP contribution in [0.2, 0.25) is 0 Å². The van der Waals surface area contributed by atoms with Crippen LogP contribution in [0.3, 0.4) is 0 Å². The molecule has 1 heterocycles. The number of methoxy groups -OCH3 is 1. The van der Waals surface area contributed by atoms with E-state index in [1.165, 1.54) is 0 Å². The second-order valence-electron chi connectivity index (χ2n) is 8.23. The largest absolute Gasteiger partial charge is 0.487 e. The van der Waals surface area contributed by atoms with Gasteiger partial charge in [-0.3, -0.25) is 5.43 Å². The lowest BCUT2D eigenvalue weighted by molar-refractivity contribution is 0.0892. The Morgan fingerprint density at radius 1 is 1.03 bits per heavy atom. The Hall–Kier alpha value is -2.95. The summed E-state index contributed by atoms with van der Waals surface area (Å²) >= 11 is 0. The van der Waals surface area contributed by atoms with E-state index < -0.39 is 11.6 Å². The SMILES string of the molecule is COCCOc1ccccc1OCC(O)CNC(C)(C)COc1ccc(NN=C(C)C)nn1. The fraction of sp³-hybridized carbons (Fsp3) is 0.522. The maximum atomic E-state index is 10.4. The number of hydrogen-bond donors (Lipinski definition) is 3. The van der Waals surface area contributed by atoms with E-state index in [1.807, 2.05) is 45.9 Å². The number of anilines is 1. The van der Waals surface area contributed by atoms with Gasteiger partial charge in [-0.1, -0.05) is 12.1 Å². The van der Waals surface area contributed by atoms with Crippen LogP contribution in [0.1, 0.15) is 27.7 Å². The Labute approximate surface area is 195 Å². The molecule has 1 aromatic carbocycles. The number of aliphatic hydroxyl groups is 1. The zero-order chi connectivity index (χ0) is 24.1. The molecule has 1 unspecified atom stereocenters. The van der Waals surface area contributed by atoms with Gasteiger partial charge in [0.15, 0.2) is 17.3 Å². The van der Waals surface area contributed by atoms with Crippen molar-refractivity contribution in [2.24, 2.45) is 5.10 Å². The zero-order valence-corrected chi connectivity index (χ0v) is 20.0. The lowest BCUT2D eigenvalue weighted by Gasteiger charge is -2.27. The van der Waals surface area contributed by atoms with Gasteiger partial charge in [-0.2, -0.15) is 5.10 Å². The van der Waals surface area contributed by atoms with Gasteiger partial charge in [-0.15, -0.1) is 10.2 Å². The summed E-state index contributed by atoms with van der Waals surface area (Å²) in [5, 5.41) is 25.8. The molecule has 2 aromatic rings. The second-order valence-corrected chi connectivity index (χ2v) is 8.23. The fourth-order valence-electron chi connectivity index (χ4n) is 2.49.